The van der Waals surface area contributed by atoms with Gasteiger partial charge in [0.15, 0.2) is 5.96 Å². The molecule has 2 N–H and O–H groups in total. The molecule has 0 radical (unpaired) electrons. The summed E-state index contributed by atoms with van der Waals surface area (Å²) in [6.45, 7) is 4.24. The first-order valence-corrected chi connectivity index (χ1v) is 9.98. The summed E-state index contributed by atoms with van der Waals surface area (Å²) < 4.78 is 37.7. The van der Waals surface area contributed by atoms with E-state index in [1.165, 1.54) is 23.4 Å². The maximum Gasteiger partial charge on any atom is 0.401 e. The summed E-state index contributed by atoms with van der Waals surface area (Å²) >= 11 is 0. The van der Waals surface area contributed by atoms with Crippen molar-refractivity contribution in [1.82, 2.24) is 15.5 Å². The number of anilines is 1. The molecule has 0 aromatic heterocycles. The van der Waals surface area contributed by atoms with Crippen LogP contribution in [0.5, 0.6) is 0 Å². The summed E-state index contributed by atoms with van der Waals surface area (Å²) in [5.41, 5.74) is 2.41. The van der Waals surface area contributed by atoms with Crippen LogP contribution in [0.4, 0.5) is 18.9 Å². The van der Waals surface area contributed by atoms with E-state index in [9.17, 15) is 13.2 Å². The zero-order valence-electron chi connectivity index (χ0n) is 16.6. The standard InChI is InChI=1S/C20H30F3N5/c1-15(16-6-5-7-18(12-16)28-9-3-4-10-28)25-19(24-2)26-17-8-11-27(13-17)14-20(21,22)23/h5-7,12,15,17H,3-4,8-11,13-14H2,1-2H3,(H2,24,25,26). The van der Waals surface area contributed by atoms with Gasteiger partial charge in [-0.05, 0) is 43.9 Å². The van der Waals surface area contributed by atoms with Gasteiger partial charge in [0.25, 0.3) is 0 Å². The minimum absolute atomic E-state index is 0.0308. The lowest BCUT2D eigenvalue weighted by molar-refractivity contribution is -0.143. The van der Waals surface area contributed by atoms with Crippen molar-refractivity contribution in [2.45, 2.75) is 44.4 Å². The zero-order valence-corrected chi connectivity index (χ0v) is 16.6. The topological polar surface area (TPSA) is 42.9 Å². The molecule has 2 unspecified atom stereocenters. The van der Waals surface area contributed by atoms with Crippen molar-refractivity contribution >= 4 is 11.6 Å². The van der Waals surface area contributed by atoms with Gasteiger partial charge in [-0.15, -0.1) is 0 Å². The highest BCUT2D eigenvalue weighted by Crippen LogP contribution is 2.24. The van der Waals surface area contributed by atoms with Crippen LogP contribution in [0, 0.1) is 0 Å². The molecule has 1 aromatic carbocycles. The lowest BCUT2D eigenvalue weighted by Gasteiger charge is -2.24. The third-order valence-electron chi connectivity index (χ3n) is 5.43. The number of guanidine groups is 1. The first kappa shape index (κ1) is 20.8. The quantitative estimate of drug-likeness (QED) is 0.592. The Morgan fingerprint density at radius 3 is 2.68 bits per heavy atom. The third-order valence-corrected chi connectivity index (χ3v) is 5.43. The molecule has 2 atom stereocenters. The fraction of sp³-hybridized carbons (Fsp3) is 0.650. The molecule has 2 fully saturated rings. The second-order valence-corrected chi connectivity index (χ2v) is 7.71. The van der Waals surface area contributed by atoms with Gasteiger partial charge in [0.1, 0.15) is 0 Å². The normalized spacial score (nSPS) is 22.5. The Morgan fingerprint density at radius 2 is 2.00 bits per heavy atom. The van der Waals surface area contributed by atoms with Crippen molar-refractivity contribution in [3.63, 3.8) is 0 Å². The van der Waals surface area contributed by atoms with Crippen molar-refractivity contribution < 1.29 is 13.2 Å². The predicted molar refractivity (Wildman–Crippen MR) is 107 cm³/mol. The van der Waals surface area contributed by atoms with Gasteiger partial charge in [-0.3, -0.25) is 9.89 Å². The van der Waals surface area contributed by atoms with E-state index in [1.807, 2.05) is 0 Å². The molecular weight excluding hydrogens is 367 g/mol. The molecule has 5 nitrogen and oxygen atoms in total. The monoisotopic (exact) mass is 397 g/mol. The Balaban J connectivity index is 1.54. The first-order chi connectivity index (χ1) is 13.3. The van der Waals surface area contributed by atoms with Crippen molar-refractivity contribution in [3.05, 3.63) is 29.8 Å². The van der Waals surface area contributed by atoms with Crippen LogP contribution in [0.1, 0.15) is 37.8 Å². The number of alkyl halides is 3. The van der Waals surface area contributed by atoms with E-state index in [0.29, 0.717) is 25.5 Å². The van der Waals surface area contributed by atoms with E-state index in [2.05, 4.69) is 51.7 Å². The van der Waals surface area contributed by atoms with Crippen LogP contribution in [0.3, 0.4) is 0 Å². The van der Waals surface area contributed by atoms with Gasteiger partial charge in [0, 0.05) is 45.0 Å². The number of hydrogen-bond donors (Lipinski definition) is 2. The third kappa shape index (κ3) is 5.77. The lowest BCUT2D eigenvalue weighted by atomic mass is 10.1. The molecule has 3 rings (SSSR count). The van der Waals surface area contributed by atoms with Gasteiger partial charge in [0.2, 0.25) is 0 Å². The first-order valence-electron chi connectivity index (χ1n) is 9.98. The Kier molecular flexibility index (Phi) is 6.69. The van der Waals surface area contributed by atoms with Gasteiger partial charge < -0.3 is 15.5 Å². The van der Waals surface area contributed by atoms with Gasteiger partial charge in [-0.1, -0.05) is 12.1 Å². The highest BCUT2D eigenvalue weighted by Gasteiger charge is 2.34. The van der Waals surface area contributed by atoms with Crippen molar-refractivity contribution in [3.8, 4) is 0 Å². The molecule has 2 heterocycles. The SMILES string of the molecule is CN=C(NC1CCN(CC(F)(F)F)C1)NC(C)c1cccc(N2CCCC2)c1. The number of benzene rings is 1. The van der Waals surface area contributed by atoms with Crippen LogP contribution in [-0.4, -0.2) is 62.8 Å². The molecule has 0 saturated carbocycles. The van der Waals surface area contributed by atoms with E-state index in [-0.39, 0.29) is 12.1 Å². The molecule has 28 heavy (non-hydrogen) atoms. The number of hydrogen-bond acceptors (Lipinski definition) is 3. The van der Waals surface area contributed by atoms with Crippen molar-refractivity contribution in [2.75, 3.05) is 44.7 Å². The molecule has 0 bridgehead atoms. The molecule has 1 aromatic rings. The summed E-state index contributed by atoms with van der Waals surface area (Å²) in [5.74, 6) is 0.623. The average Bonchev–Trinajstić information content (AvgIpc) is 3.32. The summed E-state index contributed by atoms with van der Waals surface area (Å²) in [7, 11) is 1.69. The van der Waals surface area contributed by atoms with Gasteiger partial charge >= 0.3 is 6.18 Å². The minimum Gasteiger partial charge on any atom is -0.372 e. The summed E-state index contributed by atoms with van der Waals surface area (Å²) in [4.78, 5) is 8.10. The van der Waals surface area contributed by atoms with Gasteiger partial charge in [0.05, 0.1) is 12.6 Å². The highest BCUT2D eigenvalue weighted by molar-refractivity contribution is 5.80. The Bertz CT molecular complexity index is 670. The number of aliphatic imine (C=N–C) groups is 1. The summed E-state index contributed by atoms with van der Waals surface area (Å²) in [5, 5.41) is 6.64. The number of nitrogens with zero attached hydrogens (tertiary/aromatic N) is 3. The lowest BCUT2D eigenvalue weighted by Crippen LogP contribution is -2.45. The smallest absolute Gasteiger partial charge is 0.372 e. The fourth-order valence-corrected chi connectivity index (χ4v) is 3.97. The molecule has 2 aliphatic heterocycles. The number of likely N-dealkylation sites (tertiary alicyclic amines) is 1. The fourth-order valence-electron chi connectivity index (χ4n) is 3.97. The summed E-state index contributed by atoms with van der Waals surface area (Å²) in [6, 6.07) is 8.52. The van der Waals surface area contributed by atoms with Crippen LogP contribution >= 0.6 is 0 Å². The molecule has 8 heteroatoms. The van der Waals surface area contributed by atoms with E-state index in [1.54, 1.807) is 7.05 Å². The molecule has 2 aliphatic rings. The van der Waals surface area contributed by atoms with Gasteiger partial charge in [-0.25, -0.2) is 0 Å². The van der Waals surface area contributed by atoms with E-state index < -0.39 is 12.7 Å². The maximum atomic E-state index is 12.6. The summed E-state index contributed by atoms with van der Waals surface area (Å²) in [6.07, 6.45) is -0.998. The molecule has 156 valence electrons. The van der Waals surface area contributed by atoms with Crippen molar-refractivity contribution in [1.29, 1.82) is 0 Å². The predicted octanol–water partition coefficient (Wildman–Crippen LogP) is 3.15. The van der Waals surface area contributed by atoms with Crippen LogP contribution in [0.2, 0.25) is 0 Å². The maximum absolute atomic E-state index is 12.6. The number of nitrogens with one attached hydrogen (secondary N) is 2. The molecule has 0 aliphatic carbocycles. The Labute approximate surface area is 165 Å². The Morgan fingerprint density at radius 1 is 1.25 bits per heavy atom. The Hall–Kier alpha value is -1.96. The van der Waals surface area contributed by atoms with Crippen LogP contribution in [0.25, 0.3) is 0 Å². The zero-order chi connectivity index (χ0) is 20.1. The van der Waals surface area contributed by atoms with E-state index in [4.69, 9.17) is 0 Å². The van der Waals surface area contributed by atoms with Crippen LogP contribution in [-0.2, 0) is 0 Å². The number of halogens is 3. The largest absolute Gasteiger partial charge is 0.401 e. The minimum atomic E-state index is -4.15. The highest BCUT2D eigenvalue weighted by atomic mass is 19.4. The van der Waals surface area contributed by atoms with Crippen molar-refractivity contribution in [2.24, 2.45) is 4.99 Å². The molecule has 0 amide bonds. The van der Waals surface area contributed by atoms with E-state index >= 15 is 0 Å². The van der Waals surface area contributed by atoms with Crippen LogP contribution in [0.15, 0.2) is 29.3 Å². The average molecular weight is 397 g/mol. The van der Waals surface area contributed by atoms with Gasteiger partial charge in [-0.2, -0.15) is 13.2 Å². The second-order valence-electron chi connectivity index (χ2n) is 7.71. The second kappa shape index (κ2) is 9.03. The van der Waals surface area contributed by atoms with E-state index in [0.717, 1.165) is 18.7 Å². The molecule has 2 saturated heterocycles. The molecular formula is C20H30F3N5. The number of rotatable bonds is 5. The molecule has 0 spiro atoms. The van der Waals surface area contributed by atoms with Crippen LogP contribution < -0.4 is 15.5 Å².